The summed E-state index contributed by atoms with van der Waals surface area (Å²) >= 11 is 0. The van der Waals surface area contributed by atoms with Crippen LogP contribution in [-0.4, -0.2) is 17.1 Å². The maximum atomic E-state index is 9.64. The average molecular weight is 331 g/mol. The van der Waals surface area contributed by atoms with Crippen molar-refractivity contribution >= 4 is 0 Å². The summed E-state index contributed by atoms with van der Waals surface area (Å²) in [6.07, 6.45) is 0. The number of phenolic OH excluding ortho intramolecular Hbond substituents is 1. The number of methoxy groups -OCH3 is 1. The normalized spacial score (nSPS) is 13.6. The molecule has 0 aromatic heterocycles. The zero-order valence-electron chi connectivity index (χ0n) is 14.3. The van der Waals surface area contributed by atoms with Crippen LogP contribution in [0.1, 0.15) is 16.7 Å². The molecule has 0 unspecified atom stereocenters. The van der Waals surface area contributed by atoms with Gasteiger partial charge in [0, 0.05) is 19.6 Å². The van der Waals surface area contributed by atoms with E-state index in [1.807, 2.05) is 24.3 Å². The number of phenols is 1. The molecule has 3 aromatic rings. The predicted molar refractivity (Wildman–Crippen MR) is 99.5 cm³/mol. The molecule has 0 spiro atoms. The Kier molecular flexibility index (Phi) is 4.16. The number of rotatable bonds is 4. The molecule has 4 rings (SSSR count). The standard InChI is InChI=1S/C22H21NO2/c1-25-22-7-3-5-17(12-22)18-8-9-19-14-23(15-20(19)11-18)13-16-4-2-6-21(24)10-16/h2-12,24H,13-15H2,1H3. The first-order valence-electron chi connectivity index (χ1n) is 8.48. The molecule has 0 saturated heterocycles. The molecule has 1 N–H and O–H groups in total. The third-order valence-corrected chi connectivity index (χ3v) is 4.71. The Labute approximate surface area is 148 Å². The predicted octanol–water partition coefficient (Wildman–Crippen LogP) is 4.58. The van der Waals surface area contributed by atoms with Crippen molar-refractivity contribution in [2.24, 2.45) is 0 Å². The summed E-state index contributed by atoms with van der Waals surface area (Å²) in [5, 5.41) is 9.64. The lowest BCUT2D eigenvalue weighted by atomic mass is 10.0. The molecule has 1 aliphatic rings. The van der Waals surface area contributed by atoms with Crippen molar-refractivity contribution in [1.29, 1.82) is 0 Å². The van der Waals surface area contributed by atoms with Crippen LogP contribution in [0.2, 0.25) is 0 Å². The largest absolute Gasteiger partial charge is 0.508 e. The maximum Gasteiger partial charge on any atom is 0.119 e. The molecule has 3 nitrogen and oxygen atoms in total. The van der Waals surface area contributed by atoms with E-state index < -0.39 is 0 Å². The van der Waals surface area contributed by atoms with E-state index in [0.717, 1.165) is 30.9 Å². The molecular formula is C22H21NO2. The van der Waals surface area contributed by atoms with E-state index in [1.54, 1.807) is 13.2 Å². The SMILES string of the molecule is COc1cccc(-c2ccc3c(c2)CN(Cc2cccc(O)c2)C3)c1. The van der Waals surface area contributed by atoms with Gasteiger partial charge in [0.2, 0.25) is 0 Å². The zero-order chi connectivity index (χ0) is 17.2. The first kappa shape index (κ1) is 15.7. The van der Waals surface area contributed by atoms with E-state index in [1.165, 1.54) is 22.3 Å². The van der Waals surface area contributed by atoms with Crippen molar-refractivity contribution < 1.29 is 9.84 Å². The van der Waals surface area contributed by atoms with Gasteiger partial charge in [-0.2, -0.15) is 0 Å². The van der Waals surface area contributed by atoms with Gasteiger partial charge in [0.15, 0.2) is 0 Å². The Morgan fingerprint density at radius 3 is 2.52 bits per heavy atom. The van der Waals surface area contributed by atoms with Crippen LogP contribution < -0.4 is 4.74 Å². The topological polar surface area (TPSA) is 32.7 Å². The van der Waals surface area contributed by atoms with Crippen molar-refractivity contribution in [3.8, 4) is 22.6 Å². The summed E-state index contributed by atoms with van der Waals surface area (Å²) in [4.78, 5) is 2.40. The van der Waals surface area contributed by atoms with Crippen LogP contribution in [0.15, 0.2) is 66.7 Å². The Hall–Kier alpha value is -2.78. The Morgan fingerprint density at radius 2 is 1.68 bits per heavy atom. The molecule has 0 radical (unpaired) electrons. The lowest BCUT2D eigenvalue weighted by molar-refractivity contribution is 0.275. The highest BCUT2D eigenvalue weighted by molar-refractivity contribution is 5.66. The summed E-state index contributed by atoms with van der Waals surface area (Å²) in [6.45, 7) is 2.73. The van der Waals surface area contributed by atoms with Crippen molar-refractivity contribution in [2.45, 2.75) is 19.6 Å². The molecule has 3 heteroatoms. The Balaban J connectivity index is 1.54. The van der Waals surface area contributed by atoms with Gasteiger partial charge < -0.3 is 9.84 Å². The maximum absolute atomic E-state index is 9.64. The van der Waals surface area contributed by atoms with Gasteiger partial charge >= 0.3 is 0 Å². The molecule has 0 amide bonds. The van der Waals surface area contributed by atoms with Crippen LogP contribution in [0.5, 0.6) is 11.5 Å². The molecule has 3 aromatic carbocycles. The molecular weight excluding hydrogens is 310 g/mol. The third-order valence-electron chi connectivity index (χ3n) is 4.71. The molecule has 0 bridgehead atoms. The Morgan fingerprint density at radius 1 is 0.880 bits per heavy atom. The molecule has 126 valence electrons. The van der Waals surface area contributed by atoms with E-state index in [2.05, 4.69) is 41.3 Å². The minimum Gasteiger partial charge on any atom is -0.508 e. The smallest absolute Gasteiger partial charge is 0.119 e. The van der Waals surface area contributed by atoms with Gasteiger partial charge in [-0.3, -0.25) is 4.90 Å². The van der Waals surface area contributed by atoms with Gasteiger partial charge in [0.1, 0.15) is 11.5 Å². The number of aromatic hydroxyl groups is 1. The molecule has 0 atom stereocenters. The Bertz CT molecular complexity index is 904. The summed E-state index contributed by atoms with van der Waals surface area (Å²) in [7, 11) is 1.70. The second kappa shape index (κ2) is 6.61. The lowest BCUT2D eigenvalue weighted by Crippen LogP contribution is -2.15. The fourth-order valence-corrected chi connectivity index (χ4v) is 3.47. The number of hydrogen-bond donors (Lipinski definition) is 1. The van der Waals surface area contributed by atoms with Gasteiger partial charge in [0.05, 0.1) is 7.11 Å². The quantitative estimate of drug-likeness (QED) is 0.759. The van der Waals surface area contributed by atoms with E-state index in [9.17, 15) is 5.11 Å². The number of fused-ring (bicyclic) bond motifs is 1. The first-order chi connectivity index (χ1) is 12.2. The third kappa shape index (κ3) is 3.37. The highest BCUT2D eigenvalue weighted by atomic mass is 16.5. The highest BCUT2D eigenvalue weighted by Crippen LogP contribution is 2.31. The molecule has 0 aliphatic carbocycles. The summed E-state index contributed by atoms with van der Waals surface area (Å²) in [6, 6.07) is 22.4. The minimum atomic E-state index is 0.328. The molecule has 25 heavy (non-hydrogen) atoms. The molecule has 0 saturated carbocycles. The fourth-order valence-electron chi connectivity index (χ4n) is 3.47. The molecule has 0 fully saturated rings. The van der Waals surface area contributed by atoms with Crippen LogP contribution >= 0.6 is 0 Å². The van der Waals surface area contributed by atoms with Crippen molar-refractivity contribution in [1.82, 2.24) is 4.90 Å². The number of hydrogen-bond acceptors (Lipinski definition) is 3. The average Bonchev–Trinajstić information content (AvgIpc) is 3.03. The zero-order valence-corrected chi connectivity index (χ0v) is 14.3. The van der Waals surface area contributed by atoms with Crippen LogP contribution in [0.25, 0.3) is 11.1 Å². The van der Waals surface area contributed by atoms with Crippen molar-refractivity contribution in [2.75, 3.05) is 7.11 Å². The first-order valence-corrected chi connectivity index (χ1v) is 8.48. The summed E-state index contributed by atoms with van der Waals surface area (Å²) in [5.41, 5.74) is 6.29. The second-order valence-corrected chi connectivity index (χ2v) is 6.53. The van der Waals surface area contributed by atoms with E-state index >= 15 is 0 Å². The number of ether oxygens (including phenoxy) is 1. The van der Waals surface area contributed by atoms with Gasteiger partial charge in [-0.15, -0.1) is 0 Å². The van der Waals surface area contributed by atoms with E-state index in [0.29, 0.717) is 5.75 Å². The summed E-state index contributed by atoms with van der Waals surface area (Å²) in [5.74, 6) is 1.21. The van der Waals surface area contributed by atoms with Crippen LogP contribution in [0, 0.1) is 0 Å². The molecule has 1 heterocycles. The highest BCUT2D eigenvalue weighted by Gasteiger charge is 2.19. The molecule has 1 aliphatic heterocycles. The van der Waals surface area contributed by atoms with E-state index in [-0.39, 0.29) is 0 Å². The van der Waals surface area contributed by atoms with Crippen LogP contribution in [0.4, 0.5) is 0 Å². The minimum absolute atomic E-state index is 0.328. The number of benzene rings is 3. The van der Waals surface area contributed by atoms with Gasteiger partial charge in [-0.25, -0.2) is 0 Å². The van der Waals surface area contributed by atoms with Gasteiger partial charge in [-0.1, -0.05) is 36.4 Å². The lowest BCUT2D eigenvalue weighted by Gasteiger charge is -2.14. The van der Waals surface area contributed by atoms with E-state index in [4.69, 9.17) is 4.74 Å². The van der Waals surface area contributed by atoms with Crippen LogP contribution in [0.3, 0.4) is 0 Å². The van der Waals surface area contributed by atoms with Crippen molar-refractivity contribution in [3.63, 3.8) is 0 Å². The van der Waals surface area contributed by atoms with Crippen molar-refractivity contribution in [3.05, 3.63) is 83.4 Å². The fraction of sp³-hybridized carbons (Fsp3) is 0.182. The van der Waals surface area contributed by atoms with Gasteiger partial charge in [-0.05, 0) is 58.1 Å². The monoisotopic (exact) mass is 331 g/mol. The number of nitrogens with zero attached hydrogens (tertiary/aromatic N) is 1. The summed E-state index contributed by atoms with van der Waals surface area (Å²) < 4.78 is 5.33. The van der Waals surface area contributed by atoms with Crippen LogP contribution in [-0.2, 0) is 19.6 Å². The second-order valence-electron chi connectivity index (χ2n) is 6.53. The van der Waals surface area contributed by atoms with Gasteiger partial charge in [0.25, 0.3) is 0 Å².